The van der Waals surface area contributed by atoms with E-state index in [-0.39, 0.29) is 5.91 Å². The maximum absolute atomic E-state index is 12.2. The molecule has 2 aromatic heterocycles. The number of hydrogen-bond acceptors (Lipinski definition) is 5. The van der Waals surface area contributed by atoms with Gasteiger partial charge in [0.25, 0.3) is 0 Å². The molecule has 1 N–H and O–H groups in total. The number of aromatic nitrogens is 3. The van der Waals surface area contributed by atoms with Gasteiger partial charge in [0, 0.05) is 30.1 Å². The molecule has 0 aliphatic heterocycles. The molecule has 1 aliphatic carbocycles. The summed E-state index contributed by atoms with van der Waals surface area (Å²) < 4.78 is 5.39. The van der Waals surface area contributed by atoms with Crippen molar-refractivity contribution in [1.29, 1.82) is 0 Å². The number of benzene rings is 1. The van der Waals surface area contributed by atoms with Gasteiger partial charge < -0.3 is 9.84 Å². The molecule has 4 rings (SSSR count). The molecule has 28 heavy (non-hydrogen) atoms. The van der Waals surface area contributed by atoms with Gasteiger partial charge in [-0.15, -0.1) is 0 Å². The normalized spacial score (nSPS) is 14.3. The van der Waals surface area contributed by atoms with Crippen molar-refractivity contribution >= 4 is 11.6 Å². The first-order chi connectivity index (χ1) is 13.7. The van der Waals surface area contributed by atoms with Crippen molar-refractivity contribution in [2.75, 3.05) is 5.32 Å². The third-order valence-electron chi connectivity index (χ3n) is 5.33. The second kappa shape index (κ2) is 8.33. The molecule has 0 atom stereocenters. The number of amides is 1. The second-order valence-corrected chi connectivity index (χ2v) is 7.47. The van der Waals surface area contributed by atoms with Gasteiger partial charge in [-0.1, -0.05) is 18.0 Å². The highest BCUT2D eigenvalue weighted by atomic mass is 16.5. The van der Waals surface area contributed by atoms with Crippen LogP contribution in [0, 0.1) is 12.8 Å². The first kappa shape index (κ1) is 18.3. The van der Waals surface area contributed by atoms with Gasteiger partial charge in [0.05, 0.1) is 6.42 Å². The van der Waals surface area contributed by atoms with Gasteiger partial charge in [0.1, 0.15) is 0 Å². The molecular formula is C22H24N4O2. The molecule has 6 nitrogen and oxygen atoms in total. The Kier molecular flexibility index (Phi) is 5.46. The van der Waals surface area contributed by atoms with Gasteiger partial charge in [-0.2, -0.15) is 4.98 Å². The number of pyridine rings is 1. The van der Waals surface area contributed by atoms with E-state index < -0.39 is 0 Å². The summed E-state index contributed by atoms with van der Waals surface area (Å²) in [4.78, 5) is 20.8. The average molecular weight is 376 g/mol. The first-order valence-electron chi connectivity index (χ1n) is 9.80. The third-order valence-corrected chi connectivity index (χ3v) is 5.33. The van der Waals surface area contributed by atoms with E-state index in [9.17, 15) is 4.79 Å². The lowest BCUT2D eigenvalue weighted by Crippen LogP contribution is -2.14. The van der Waals surface area contributed by atoms with E-state index in [0.717, 1.165) is 22.4 Å². The van der Waals surface area contributed by atoms with Gasteiger partial charge >= 0.3 is 0 Å². The van der Waals surface area contributed by atoms with Crippen LogP contribution in [0.2, 0.25) is 0 Å². The molecule has 6 heteroatoms. The fourth-order valence-electron chi connectivity index (χ4n) is 3.68. The van der Waals surface area contributed by atoms with Gasteiger partial charge in [-0.25, -0.2) is 0 Å². The van der Waals surface area contributed by atoms with Crippen molar-refractivity contribution < 1.29 is 9.32 Å². The quantitative estimate of drug-likeness (QED) is 0.682. The molecule has 1 aliphatic rings. The zero-order valence-corrected chi connectivity index (χ0v) is 16.0. The maximum Gasteiger partial charge on any atom is 0.231 e. The Balaban J connectivity index is 1.38. The lowest BCUT2D eigenvalue weighted by Gasteiger charge is -2.09. The van der Waals surface area contributed by atoms with Crippen LogP contribution in [-0.2, 0) is 11.2 Å². The molecule has 3 aromatic rings. The van der Waals surface area contributed by atoms with Crippen LogP contribution in [0.1, 0.15) is 49.1 Å². The van der Waals surface area contributed by atoms with E-state index in [2.05, 4.69) is 20.4 Å². The number of hydrogen-bond donors (Lipinski definition) is 1. The Hall–Kier alpha value is -3.02. The van der Waals surface area contributed by atoms with E-state index in [1.165, 1.54) is 25.7 Å². The Morgan fingerprint density at radius 2 is 1.96 bits per heavy atom. The summed E-state index contributed by atoms with van der Waals surface area (Å²) in [7, 11) is 0. The van der Waals surface area contributed by atoms with E-state index in [1.807, 2.05) is 43.5 Å². The molecule has 1 aromatic carbocycles. The summed E-state index contributed by atoms with van der Waals surface area (Å²) in [6.07, 6.45) is 9.61. The Bertz CT molecular complexity index is 943. The molecule has 0 radical (unpaired) electrons. The third kappa shape index (κ3) is 4.44. The minimum atomic E-state index is 0.0911. The van der Waals surface area contributed by atoms with Gasteiger partial charge in [0.2, 0.25) is 17.6 Å². The highest BCUT2D eigenvalue weighted by Gasteiger charge is 2.18. The fourth-order valence-corrected chi connectivity index (χ4v) is 3.68. The molecule has 0 unspecified atom stereocenters. The number of rotatable bonds is 6. The summed E-state index contributed by atoms with van der Waals surface area (Å²) in [5, 5.41) is 7.06. The smallest absolute Gasteiger partial charge is 0.231 e. The molecule has 144 valence electrons. The minimum Gasteiger partial charge on any atom is -0.339 e. The number of carbonyl (C=O) groups is 1. The van der Waals surface area contributed by atoms with Crippen LogP contribution in [-0.4, -0.2) is 21.0 Å². The summed E-state index contributed by atoms with van der Waals surface area (Å²) in [6, 6.07) is 9.52. The summed E-state index contributed by atoms with van der Waals surface area (Å²) in [5.74, 6) is 1.73. The predicted octanol–water partition coefficient (Wildman–Crippen LogP) is 4.55. The monoisotopic (exact) mass is 376 g/mol. The molecule has 1 saturated carbocycles. The summed E-state index contributed by atoms with van der Waals surface area (Å²) >= 11 is 0. The van der Waals surface area contributed by atoms with Crippen molar-refractivity contribution in [3.63, 3.8) is 0 Å². The molecular weight excluding hydrogens is 352 g/mol. The Morgan fingerprint density at radius 3 is 2.71 bits per heavy atom. The molecule has 0 saturated heterocycles. The lowest BCUT2D eigenvalue weighted by atomic mass is 10.0. The van der Waals surface area contributed by atoms with E-state index in [4.69, 9.17) is 4.52 Å². The van der Waals surface area contributed by atoms with Crippen molar-refractivity contribution in [3.8, 4) is 11.4 Å². The maximum atomic E-state index is 12.2. The molecule has 2 heterocycles. The largest absolute Gasteiger partial charge is 0.339 e. The van der Waals surface area contributed by atoms with Gasteiger partial charge in [0.15, 0.2) is 0 Å². The molecule has 1 amide bonds. The van der Waals surface area contributed by atoms with Gasteiger partial charge in [-0.05, 0) is 67.1 Å². The number of nitrogens with zero attached hydrogens (tertiary/aromatic N) is 3. The van der Waals surface area contributed by atoms with Crippen molar-refractivity contribution in [3.05, 3.63) is 59.7 Å². The second-order valence-electron chi connectivity index (χ2n) is 7.47. The summed E-state index contributed by atoms with van der Waals surface area (Å²) in [6.45, 7) is 2.04. The van der Waals surface area contributed by atoms with Gasteiger partial charge in [-0.3, -0.25) is 9.78 Å². The predicted molar refractivity (Wildman–Crippen MR) is 107 cm³/mol. The van der Waals surface area contributed by atoms with Crippen LogP contribution < -0.4 is 5.32 Å². The Morgan fingerprint density at radius 1 is 1.18 bits per heavy atom. The first-order valence-corrected chi connectivity index (χ1v) is 9.80. The average Bonchev–Trinajstić information content (AvgIpc) is 3.36. The topological polar surface area (TPSA) is 80.9 Å². The van der Waals surface area contributed by atoms with E-state index >= 15 is 0 Å². The fraction of sp³-hybridized carbons (Fsp3) is 0.364. The van der Waals surface area contributed by atoms with Crippen LogP contribution in [0.25, 0.3) is 11.4 Å². The number of anilines is 1. The number of carbonyl (C=O) groups excluding carboxylic acids is 1. The van der Waals surface area contributed by atoms with Crippen LogP contribution in [0.4, 0.5) is 5.69 Å². The van der Waals surface area contributed by atoms with Crippen LogP contribution in [0.5, 0.6) is 0 Å². The van der Waals surface area contributed by atoms with Crippen molar-refractivity contribution in [1.82, 2.24) is 15.1 Å². The summed E-state index contributed by atoms with van der Waals surface area (Å²) in [5.41, 5.74) is 3.86. The van der Waals surface area contributed by atoms with Crippen LogP contribution >= 0.6 is 0 Å². The minimum absolute atomic E-state index is 0.0911. The zero-order chi connectivity index (χ0) is 19.3. The lowest BCUT2D eigenvalue weighted by molar-refractivity contribution is -0.117. The molecule has 1 fully saturated rings. The number of aryl methyl sites for hydroxylation is 1. The van der Waals surface area contributed by atoms with Crippen molar-refractivity contribution in [2.45, 2.75) is 45.4 Å². The number of nitrogens with one attached hydrogen (secondary N) is 1. The highest BCUT2D eigenvalue weighted by Crippen LogP contribution is 2.28. The van der Waals surface area contributed by atoms with E-state index in [1.54, 1.807) is 6.20 Å². The molecule has 0 bridgehead atoms. The van der Waals surface area contributed by atoms with E-state index in [0.29, 0.717) is 30.5 Å². The standard InChI is InChI=1S/C22H24N4O2/c1-15-10-11-23-14-18(15)13-21-25-22(26-28-21)17-6-8-19(9-7-17)24-20(27)12-16-4-2-3-5-16/h6-11,14,16H,2-5,12-13H2,1H3,(H,24,27). The van der Waals surface area contributed by atoms with Crippen LogP contribution in [0.3, 0.4) is 0 Å². The highest BCUT2D eigenvalue weighted by molar-refractivity contribution is 5.91. The van der Waals surface area contributed by atoms with Crippen molar-refractivity contribution in [2.24, 2.45) is 5.92 Å². The molecule has 0 spiro atoms. The Labute approximate surface area is 164 Å². The zero-order valence-electron chi connectivity index (χ0n) is 16.0. The van der Waals surface area contributed by atoms with Crippen LogP contribution in [0.15, 0.2) is 47.2 Å². The SMILES string of the molecule is Cc1ccncc1Cc1nc(-c2ccc(NC(=O)CC3CCCC3)cc2)no1.